The van der Waals surface area contributed by atoms with E-state index >= 15 is 0 Å². The quantitative estimate of drug-likeness (QED) is 0.674. The topological polar surface area (TPSA) is 75.7 Å². The van der Waals surface area contributed by atoms with Crippen molar-refractivity contribution in [3.05, 3.63) is 59.7 Å². The fraction of sp³-hybridized carbons (Fsp3) is 0.409. The summed E-state index contributed by atoms with van der Waals surface area (Å²) in [6.45, 7) is 7.95. The molecule has 1 N–H and O–H groups in total. The van der Waals surface area contributed by atoms with Gasteiger partial charge in [-0.15, -0.1) is 0 Å². The zero-order chi connectivity index (χ0) is 21.6. The first-order valence-electron chi connectivity index (χ1n) is 9.78. The number of ether oxygens (including phenoxy) is 1. The number of hydrogen-bond acceptors (Lipinski definition) is 4. The van der Waals surface area contributed by atoms with Gasteiger partial charge in [0, 0.05) is 0 Å². The van der Waals surface area contributed by atoms with Gasteiger partial charge in [0.1, 0.15) is 11.8 Å². The van der Waals surface area contributed by atoms with E-state index in [1.165, 1.54) is 5.56 Å². The molecule has 7 heteroatoms. The predicted molar refractivity (Wildman–Crippen MR) is 117 cm³/mol. The normalized spacial score (nSPS) is 13.4. The summed E-state index contributed by atoms with van der Waals surface area (Å²) in [5, 5.41) is 2.92. The van der Waals surface area contributed by atoms with E-state index in [4.69, 9.17) is 4.74 Å². The van der Waals surface area contributed by atoms with Crippen LogP contribution in [0.3, 0.4) is 0 Å². The smallest absolute Gasteiger partial charge is 0.244 e. The Morgan fingerprint density at radius 3 is 2.10 bits per heavy atom. The highest BCUT2D eigenvalue weighted by Crippen LogP contribution is 2.24. The van der Waals surface area contributed by atoms with Gasteiger partial charge in [-0.05, 0) is 62.6 Å². The molecule has 0 heterocycles. The van der Waals surface area contributed by atoms with Crippen molar-refractivity contribution >= 4 is 21.6 Å². The zero-order valence-corrected chi connectivity index (χ0v) is 18.5. The minimum Gasteiger partial charge on any atom is -0.494 e. The average Bonchev–Trinajstić information content (AvgIpc) is 2.68. The molecule has 1 amide bonds. The minimum absolute atomic E-state index is 0.238. The molecule has 0 bridgehead atoms. The van der Waals surface area contributed by atoms with Crippen LogP contribution in [0.5, 0.6) is 5.75 Å². The molecular weight excluding hydrogens is 388 g/mol. The van der Waals surface area contributed by atoms with E-state index in [0.717, 1.165) is 22.5 Å². The van der Waals surface area contributed by atoms with Gasteiger partial charge >= 0.3 is 0 Å². The molecule has 2 unspecified atom stereocenters. The lowest BCUT2D eigenvalue weighted by Crippen LogP contribution is -2.48. The third kappa shape index (κ3) is 5.97. The summed E-state index contributed by atoms with van der Waals surface area (Å²) >= 11 is 0. The Morgan fingerprint density at radius 2 is 1.62 bits per heavy atom. The van der Waals surface area contributed by atoms with Gasteiger partial charge in [0.25, 0.3) is 0 Å². The number of sulfonamides is 1. The Hall–Kier alpha value is -2.54. The van der Waals surface area contributed by atoms with E-state index in [1.807, 2.05) is 38.1 Å². The molecule has 0 radical (unpaired) electrons. The molecule has 0 aliphatic carbocycles. The maximum absolute atomic E-state index is 12.8. The number of nitrogens with zero attached hydrogens (tertiary/aromatic N) is 1. The lowest BCUT2D eigenvalue weighted by Gasteiger charge is -2.29. The van der Waals surface area contributed by atoms with Crippen LogP contribution >= 0.6 is 0 Å². The molecule has 0 aliphatic heterocycles. The molecule has 29 heavy (non-hydrogen) atoms. The van der Waals surface area contributed by atoms with E-state index in [1.54, 1.807) is 31.2 Å². The van der Waals surface area contributed by atoms with Crippen LogP contribution in [-0.2, 0) is 21.2 Å². The van der Waals surface area contributed by atoms with Crippen molar-refractivity contribution in [2.75, 3.05) is 17.2 Å². The van der Waals surface area contributed by atoms with Crippen molar-refractivity contribution in [2.45, 2.75) is 46.2 Å². The van der Waals surface area contributed by atoms with E-state index in [-0.39, 0.29) is 11.9 Å². The first-order chi connectivity index (χ1) is 13.7. The van der Waals surface area contributed by atoms with Crippen LogP contribution in [0.1, 0.15) is 44.9 Å². The molecule has 0 saturated heterocycles. The highest BCUT2D eigenvalue weighted by atomic mass is 32.2. The number of carbonyl (C=O) groups excluding carboxylic acids is 1. The van der Waals surface area contributed by atoms with Crippen LogP contribution in [0.2, 0.25) is 0 Å². The monoisotopic (exact) mass is 418 g/mol. The summed E-state index contributed by atoms with van der Waals surface area (Å²) in [4.78, 5) is 12.8. The van der Waals surface area contributed by atoms with Gasteiger partial charge in [0.05, 0.1) is 24.6 Å². The highest BCUT2D eigenvalue weighted by molar-refractivity contribution is 7.92. The second-order valence-electron chi connectivity index (χ2n) is 6.99. The fourth-order valence-corrected chi connectivity index (χ4v) is 4.30. The average molecular weight is 419 g/mol. The molecule has 2 atom stereocenters. The first kappa shape index (κ1) is 22.7. The summed E-state index contributed by atoms with van der Waals surface area (Å²) in [5.41, 5.74) is 2.60. The maximum atomic E-state index is 12.8. The Bertz CT molecular complexity index is 909. The largest absolute Gasteiger partial charge is 0.494 e. The molecule has 0 fully saturated rings. The van der Waals surface area contributed by atoms with Gasteiger partial charge in [0.15, 0.2) is 0 Å². The predicted octanol–water partition coefficient (Wildman–Crippen LogP) is 3.68. The SMILES string of the molecule is CCOc1ccc(N(C(C)C(=O)NC(C)c2ccc(CC)cc2)S(C)(=O)=O)cc1. The molecule has 158 valence electrons. The minimum atomic E-state index is -3.67. The summed E-state index contributed by atoms with van der Waals surface area (Å²) in [6.07, 6.45) is 2.05. The van der Waals surface area contributed by atoms with Crippen molar-refractivity contribution in [3.63, 3.8) is 0 Å². The van der Waals surface area contributed by atoms with Crippen molar-refractivity contribution < 1.29 is 17.9 Å². The van der Waals surface area contributed by atoms with E-state index < -0.39 is 16.1 Å². The number of hydrogen-bond donors (Lipinski definition) is 1. The zero-order valence-electron chi connectivity index (χ0n) is 17.7. The maximum Gasteiger partial charge on any atom is 0.244 e. The summed E-state index contributed by atoms with van der Waals surface area (Å²) in [7, 11) is -3.67. The number of carbonyl (C=O) groups is 1. The highest BCUT2D eigenvalue weighted by Gasteiger charge is 2.29. The van der Waals surface area contributed by atoms with Crippen LogP contribution < -0.4 is 14.4 Å². The van der Waals surface area contributed by atoms with Crippen LogP contribution in [0.15, 0.2) is 48.5 Å². The summed E-state index contributed by atoms with van der Waals surface area (Å²) in [5.74, 6) is 0.280. The summed E-state index contributed by atoms with van der Waals surface area (Å²) < 4.78 is 31.4. The molecular formula is C22H30N2O4S. The van der Waals surface area contributed by atoms with E-state index in [9.17, 15) is 13.2 Å². The van der Waals surface area contributed by atoms with Gasteiger partial charge in [-0.2, -0.15) is 0 Å². The van der Waals surface area contributed by atoms with E-state index in [2.05, 4.69) is 12.2 Å². The van der Waals surface area contributed by atoms with Crippen molar-refractivity contribution in [1.82, 2.24) is 5.32 Å². The lowest BCUT2D eigenvalue weighted by atomic mass is 10.0. The fourth-order valence-electron chi connectivity index (χ4n) is 3.12. The lowest BCUT2D eigenvalue weighted by molar-refractivity contribution is -0.122. The molecule has 6 nitrogen and oxygen atoms in total. The van der Waals surface area contributed by atoms with Crippen molar-refractivity contribution in [3.8, 4) is 5.75 Å². The molecule has 2 aromatic carbocycles. The third-order valence-corrected chi connectivity index (χ3v) is 5.98. The van der Waals surface area contributed by atoms with Gasteiger partial charge in [-0.3, -0.25) is 9.10 Å². The van der Waals surface area contributed by atoms with Gasteiger partial charge in [0.2, 0.25) is 15.9 Å². The first-order valence-corrected chi connectivity index (χ1v) is 11.6. The molecule has 0 aromatic heterocycles. The van der Waals surface area contributed by atoms with Crippen LogP contribution in [-0.4, -0.2) is 33.2 Å². The second kappa shape index (κ2) is 9.78. The second-order valence-corrected chi connectivity index (χ2v) is 8.85. The number of rotatable bonds is 9. The molecule has 0 saturated carbocycles. The number of anilines is 1. The summed E-state index contributed by atoms with van der Waals surface area (Å²) in [6, 6.07) is 13.6. The van der Waals surface area contributed by atoms with Gasteiger partial charge in [-0.25, -0.2) is 8.42 Å². The van der Waals surface area contributed by atoms with Crippen LogP contribution in [0.25, 0.3) is 0 Å². The molecule has 0 aliphatic rings. The standard InChI is InChI=1S/C22H30N2O4S/c1-6-18-8-10-19(11-9-18)16(3)23-22(25)17(4)24(29(5,26)27)20-12-14-21(15-13-20)28-7-2/h8-17H,6-7H2,1-5H3,(H,23,25). The van der Waals surface area contributed by atoms with Crippen molar-refractivity contribution in [1.29, 1.82) is 0 Å². The molecule has 0 spiro atoms. The molecule has 2 rings (SSSR count). The van der Waals surface area contributed by atoms with Crippen LogP contribution in [0, 0.1) is 0 Å². The van der Waals surface area contributed by atoms with E-state index in [0.29, 0.717) is 18.0 Å². The van der Waals surface area contributed by atoms with Gasteiger partial charge in [-0.1, -0.05) is 31.2 Å². The number of aryl methyl sites for hydroxylation is 1. The van der Waals surface area contributed by atoms with Crippen molar-refractivity contribution in [2.24, 2.45) is 0 Å². The number of benzene rings is 2. The Balaban J connectivity index is 2.19. The Labute approximate surface area is 173 Å². The van der Waals surface area contributed by atoms with Gasteiger partial charge < -0.3 is 10.1 Å². The number of amides is 1. The number of nitrogens with one attached hydrogen (secondary N) is 1. The third-order valence-electron chi connectivity index (χ3n) is 4.74. The Kier molecular flexibility index (Phi) is 7.67. The molecule has 2 aromatic rings. The Morgan fingerprint density at radius 1 is 1.03 bits per heavy atom. The van der Waals surface area contributed by atoms with Crippen LogP contribution in [0.4, 0.5) is 5.69 Å².